The summed E-state index contributed by atoms with van der Waals surface area (Å²) in [7, 11) is -3.51. The third-order valence-electron chi connectivity index (χ3n) is 5.70. The minimum atomic E-state index is -3.51. The minimum Gasteiger partial charge on any atom is -0.368 e. The molecular weight excluding hydrogens is 414 g/mol. The number of nitrogens with zero attached hydrogens (tertiary/aromatic N) is 2. The molecule has 0 aliphatic carbocycles. The van der Waals surface area contributed by atoms with Gasteiger partial charge < -0.3 is 10.1 Å². The number of amides is 1. The number of morpholine rings is 1. The highest BCUT2D eigenvalue weighted by Gasteiger charge is 2.29. The third-order valence-corrected chi connectivity index (χ3v) is 7.59. The van der Waals surface area contributed by atoms with E-state index in [1.165, 1.54) is 4.31 Å². The van der Waals surface area contributed by atoms with E-state index in [0.717, 1.165) is 18.4 Å². The van der Waals surface area contributed by atoms with Crippen LogP contribution < -0.4 is 5.32 Å². The van der Waals surface area contributed by atoms with Crippen LogP contribution in [0.5, 0.6) is 0 Å². The highest BCUT2D eigenvalue weighted by atomic mass is 32.2. The number of nitrogens with one attached hydrogen (secondary N) is 1. The molecule has 1 amide bonds. The monoisotopic (exact) mass is 443 g/mol. The second-order valence-electron chi connectivity index (χ2n) is 8.23. The number of rotatable bonds is 6. The molecule has 2 aliphatic heterocycles. The molecule has 0 saturated carbocycles. The van der Waals surface area contributed by atoms with E-state index in [1.54, 1.807) is 24.3 Å². The minimum absolute atomic E-state index is 0.0145. The molecule has 31 heavy (non-hydrogen) atoms. The average molecular weight is 444 g/mol. The van der Waals surface area contributed by atoms with Gasteiger partial charge in [-0.15, -0.1) is 0 Å². The molecule has 2 unspecified atom stereocenters. The van der Waals surface area contributed by atoms with Crippen molar-refractivity contribution in [2.75, 3.05) is 38.0 Å². The first-order valence-electron chi connectivity index (χ1n) is 10.7. The quantitative estimate of drug-likeness (QED) is 0.743. The maximum Gasteiger partial charge on any atom is 0.243 e. The van der Waals surface area contributed by atoms with E-state index in [-0.39, 0.29) is 29.6 Å². The number of ether oxygens (including phenoxy) is 1. The van der Waals surface area contributed by atoms with E-state index in [0.29, 0.717) is 31.9 Å². The zero-order chi connectivity index (χ0) is 21.8. The molecule has 8 heteroatoms. The van der Waals surface area contributed by atoms with E-state index in [9.17, 15) is 13.2 Å². The largest absolute Gasteiger partial charge is 0.368 e. The van der Waals surface area contributed by atoms with Crippen molar-refractivity contribution in [1.82, 2.24) is 9.21 Å². The van der Waals surface area contributed by atoms with Crippen LogP contribution in [-0.2, 0) is 19.6 Å². The summed E-state index contributed by atoms with van der Waals surface area (Å²) in [5.74, 6) is -0.170. The standard InChI is InChI=1S/C23H29N3O4S/c1-18-15-25(16-22(30-18)19-8-3-2-4-9-19)17-23(27)24-20-10-7-11-21(14-20)31(28,29)26-12-5-6-13-26/h2-4,7-11,14,18,22H,5-6,12-13,15-17H2,1H3,(H,24,27). The highest BCUT2D eigenvalue weighted by molar-refractivity contribution is 7.89. The smallest absolute Gasteiger partial charge is 0.243 e. The lowest BCUT2D eigenvalue weighted by molar-refractivity contribution is -0.122. The third kappa shape index (κ3) is 5.33. The second kappa shape index (κ2) is 9.48. The van der Waals surface area contributed by atoms with Gasteiger partial charge in [0, 0.05) is 31.9 Å². The molecule has 2 heterocycles. The Morgan fingerprint density at radius 2 is 1.81 bits per heavy atom. The Labute approximate surface area is 184 Å². The summed E-state index contributed by atoms with van der Waals surface area (Å²) in [5.41, 5.74) is 1.59. The first-order chi connectivity index (χ1) is 14.9. The lowest BCUT2D eigenvalue weighted by atomic mass is 10.1. The molecule has 2 aromatic carbocycles. The molecule has 2 aliphatic rings. The maximum absolute atomic E-state index is 12.8. The van der Waals surface area contributed by atoms with Gasteiger partial charge in [0.15, 0.2) is 0 Å². The van der Waals surface area contributed by atoms with Crippen LogP contribution in [0.15, 0.2) is 59.5 Å². The Balaban J connectivity index is 1.39. The van der Waals surface area contributed by atoms with Crippen LogP contribution in [0.1, 0.15) is 31.4 Å². The Kier molecular flexibility index (Phi) is 6.71. The van der Waals surface area contributed by atoms with Crippen molar-refractivity contribution in [1.29, 1.82) is 0 Å². The van der Waals surface area contributed by atoms with Crippen molar-refractivity contribution in [3.8, 4) is 0 Å². The summed E-state index contributed by atoms with van der Waals surface area (Å²) >= 11 is 0. The van der Waals surface area contributed by atoms with Crippen molar-refractivity contribution in [2.24, 2.45) is 0 Å². The first-order valence-corrected chi connectivity index (χ1v) is 12.2. The van der Waals surface area contributed by atoms with Gasteiger partial charge >= 0.3 is 0 Å². The van der Waals surface area contributed by atoms with E-state index in [4.69, 9.17) is 4.74 Å². The maximum atomic E-state index is 12.8. The van der Waals surface area contributed by atoms with E-state index in [2.05, 4.69) is 10.2 Å². The van der Waals surface area contributed by atoms with Crippen LogP contribution in [-0.4, -0.2) is 62.4 Å². The van der Waals surface area contributed by atoms with Gasteiger partial charge in [0.2, 0.25) is 15.9 Å². The molecule has 2 fully saturated rings. The molecule has 0 radical (unpaired) electrons. The van der Waals surface area contributed by atoms with Gasteiger partial charge in [0.05, 0.1) is 23.6 Å². The highest BCUT2D eigenvalue weighted by Crippen LogP contribution is 2.26. The summed E-state index contributed by atoms with van der Waals surface area (Å²) in [4.78, 5) is 15.0. The summed E-state index contributed by atoms with van der Waals surface area (Å²) in [6, 6.07) is 16.5. The predicted octanol–water partition coefficient (Wildman–Crippen LogP) is 2.87. The Bertz CT molecular complexity index is 1010. The predicted molar refractivity (Wildman–Crippen MR) is 119 cm³/mol. The number of hydrogen-bond donors (Lipinski definition) is 1. The first kappa shape index (κ1) is 22.0. The molecule has 166 valence electrons. The topological polar surface area (TPSA) is 79.0 Å². The van der Waals surface area contributed by atoms with Crippen molar-refractivity contribution in [3.05, 3.63) is 60.2 Å². The van der Waals surface area contributed by atoms with Crippen molar-refractivity contribution >= 4 is 21.6 Å². The number of sulfonamides is 1. The van der Waals surface area contributed by atoms with Crippen LogP contribution in [0.25, 0.3) is 0 Å². The van der Waals surface area contributed by atoms with Gasteiger partial charge in [-0.25, -0.2) is 8.42 Å². The van der Waals surface area contributed by atoms with Crippen molar-refractivity contribution < 1.29 is 17.9 Å². The Hall–Kier alpha value is -2.26. The molecule has 0 bridgehead atoms. The lowest BCUT2D eigenvalue weighted by Crippen LogP contribution is -2.46. The molecule has 2 atom stereocenters. The SMILES string of the molecule is CC1CN(CC(=O)Nc2cccc(S(=O)(=O)N3CCCC3)c2)CC(c2ccccc2)O1. The summed E-state index contributed by atoms with van der Waals surface area (Å²) in [6.45, 7) is 4.63. The van der Waals surface area contributed by atoms with Gasteiger partial charge in [-0.3, -0.25) is 9.69 Å². The van der Waals surface area contributed by atoms with Crippen LogP contribution in [0.3, 0.4) is 0 Å². The fraction of sp³-hybridized carbons (Fsp3) is 0.435. The molecule has 4 rings (SSSR count). The fourth-order valence-corrected chi connectivity index (χ4v) is 5.80. The van der Waals surface area contributed by atoms with Gasteiger partial charge in [0.25, 0.3) is 0 Å². The van der Waals surface area contributed by atoms with Crippen LogP contribution in [0.4, 0.5) is 5.69 Å². The van der Waals surface area contributed by atoms with Crippen LogP contribution >= 0.6 is 0 Å². The van der Waals surface area contributed by atoms with Crippen molar-refractivity contribution in [2.45, 2.75) is 36.9 Å². The average Bonchev–Trinajstić information content (AvgIpc) is 3.30. The Morgan fingerprint density at radius 1 is 1.06 bits per heavy atom. The van der Waals surface area contributed by atoms with Crippen LogP contribution in [0, 0.1) is 0 Å². The van der Waals surface area contributed by atoms with Gasteiger partial charge in [-0.05, 0) is 43.5 Å². The second-order valence-corrected chi connectivity index (χ2v) is 10.2. The summed E-state index contributed by atoms with van der Waals surface area (Å²) in [5, 5.41) is 2.86. The van der Waals surface area contributed by atoms with E-state index < -0.39 is 10.0 Å². The zero-order valence-electron chi connectivity index (χ0n) is 17.7. The lowest BCUT2D eigenvalue weighted by Gasteiger charge is -2.36. The van der Waals surface area contributed by atoms with E-state index >= 15 is 0 Å². The van der Waals surface area contributed by atoms with Gasteiger partial charge in [-0.2, -0.15) is 4.31 Å². The number of carbonyl (C=O) groups is 1. The van der Waals surface area contributed by atoms with Crippen LogP contribution in [0.2, 0.25) is 0 Å². The van der Waals surface area contributed by atoms with Crippen molar-refractivity contribution in [3.63, 3.8) is 0 Å². The molecule has 0 spiro atoms. The number of carbonyl (C=O) groups excluding carboxylic acids is 1. The molecule has 7 nitrogen and oxygen atoms in total. The molecule has 2 saturated heterocycles. The van der Waals surface area contributed by atoms with Gasteiger partial charge in [-0.1, -0.05) is 36.4 Å². The van der Waals surface area contributed by atoms with Gasteiger partial charge in [0.1, 0.15) is 0 Å². The molecular formula is C23H29N3O4S. The van der Waals surface area contributed by atoms with E-state index in [1.807, 2.05) is 37.3 Å². The molecule has 1 N–H and O–H groups in total. The number of hydrogen-bond acceptors (Lipinski definition) is 5. The normalized spacial score (nSPS) is 23.0. The zero-order valence-corrected chi connectivity index (χ0v) is 18.6. The Morgan fingerprint density at radius 3 is 2.55 bits per heavy atom. The number of benzene rings is 2. The summed E-state index contributed by atoms with van der Waals surface area (Å²) in [6.07, 6.45) is 1.71. The summed E-state index contributed by atoms with van der Waals surface area (Å²) < 4.78 is 33.1. The number of anilines is 1. The molecule has 2 aromatic rings. The fourth-order valence-electron chi connectivity index (χ4n) is 4.24. The molecule has 0 aromatic heterocycles.